The van der Waals surface area contributed by atoms with Crippen molar-refractivity contribution in [3.63, 3.8) is 0 Å². The number of benzene rings is 2. The molecule has 2 aromatic heterocycles. The van der Waals surface area contributed by atoms with Crippen LogP contribution in [0.3, 0.4) is 0 Å². The molecule has 7 heteroatoms. The van der Waals surface area contributed by atoms with E-state index in [1.165, 1.54) is 0 Å². The Labute approximate surface area is 166 Å². The zero-order valence-corrected chi connectivity index (χ0v) is 16.3. The lowest BCUT2D eigenvalue weighted by Crippen LogP contribution is -2.01. The van der Waals surface area contributed by atoms with Crippen molar-refractivity contribution in [1.29, 1.82) is 0 Å². The highest BCUT2D eigenvalue weighted by Crippen LogP contribution is 2.37. The summed E-state index contributed by atoms with van der Waals surface area (Å²) in [4.78, 5) is 14.2. The first-order chi connectivity index (χ1) is 13.8. The zero-order chi connectivity index (χ0) is 19.3. The molecular weight excluding hydrogens is 374 g/mol. The van der Waals surface area contributed by atoms with Crippen molar-refractivity contribution in [2.45, 2.75) is 16.4 Å². The lowest BCUT2D eigenvalue weighted by Gasteiger charge is -2.13. The molecule has 4 rings (SSSR count). The summed E-state index contributed by atoms with van der Waals surface area (Å²) in [5.74, 6) is 2.52. The average Bonchev–Trinajstić information content (AvgIpc) is 3.14. The van der Waals surface area contributed by atoms with Gasteiger partial charge in [0, 0.05) is 22.2 Å². The number of para-hydroxylation sites is 1. The number of ether oxygens (including phenoxy) is 3. The largest absolute Gasteiger partial charge is 0.493 e. The van der Waals surface area contributed by atoms with Gasteiger partial charge in [-0.05, 0) is 42.5 Å². The van der Waals surface area contributed by atoms with Crippen LogP contribution < -0.4 is 14.2 Å². The van der Waals surface area contributed by atoms with Gasteiger partial charge in [-0.3, -0.25) is 4.98 Å². The van der Waals surface area contributed by atoms with Gasteiger partial charge in [-0.1, -0.05) is 17.8 Å². The van der Waals surface area contributed by atoms with Gasteiger partial charge in [-0.25, -0.2) is 4.98 Å². The summed E-state index contributed by atoms with van der Waals surface area (Å²) in [6.07, 6.45) is 3.58. The van der Waals surface area contributed by atoms with E-state index in [4.69, 9.17) is 14.2 Å². The summed E-state index contributed by atoms with van der Waals surface area (Å²) in [7, 11) is 3.20. The third-order valence-corrected chi connectivity index (χ3v) is 5.12. The van der Waals surface area contributed by atoms with Crippen LogP contribution in [0.4, 0.5) is 0 Å². The predicted octanol–water partition coefficient (Wildman–Crippen LogP) is 4.71. The van der Waals surface area contributed by atoms with Gasteiger partial charge < -0.3 is 19.2 Å². The Morgan fingerprint density at radius 3 is 2.39 bits per heavy atom. The van der Waals surface area contributed by atoms with Crippen molar-refractivity contribution >= 4 is 22.8 Å². The Bertz CT molecular complexity index is 1060. The van der Waals surface area contributed by atoms with E-state index in [2.05, 4.69) is 27.1 Å². The second kappa shape index (κ2) is 8.22. The number of rotatable bonds is 7. The van der Waals surface area contributed by atoms with Crippen LogP contribution in [0.25, 0.3) is 11.0 Å². The Balaban J connectivity index is 1.53. The molecule has 0 radical (unpaired) electrons. The molecule has 1 N–H and O–H groups in total. The Morgan fingerprint density at radius 2 is 1.68 bits per heavy atom. The van der Waals surface area contributed by atoms with E-state index in [0.717, 1.165) is 26.6 Å². The SMILES string of the molecule is COc1cccc(OC)c1OCc1nc2cc(Sc3ccncc3)ccc2[nH]1. The van der Waals surface area contributed by atoms with Gasteiger partial charge in [0.1, 0.15) is 12.4 Å². The van der Waals surface area contributed by atoms with Crippen LogP contribution in [0.5, 0.6) is 17.2 Å². The number of hydrogen-bond donors (Lipinski definition) is 1. The Kier molecular flexibility index (Phi) is 5.34. The summed E-state index contributed by atoms with van der Waals surface area (Å²) < 4.78 is 16.7. The average molecular weight is 393 g/mol. The normalized spacial score (nSPS) is 10.8. The summed E-state index contributed by atoms with van der Waals surface area (Å²) >= 11 is 1.67. The van der Waals surface area contributed by atoms with Crippen LogP contribution >= 0.6 is 11.8 Å². The molecule has 6 nitrogen and oxygen atoms in total. The molecule has 0 bridgehead atoms. The molecule has 0 saturated heterocycles. The Morgan fingerprint density at radius 1 is 0.929 bits per heavy atom. The van der Waals surface area contributed by atoms with Crippen molar-refractivity contribution in [3.05, 3.63) is 66.7 Å². The van der Waals surface area contributed by atoms with E-state index in [1.54, 1.807) is 38.4 Å². The highest BCUT2D eigenvalue weighted by molar-refractivity contribution is 7.99. The highest BCUT2D eigenvalue weighted by Gasteiger charge is 2.13. The number of nitrogens with zero attached hydrogens (tertiary/aromatic N) is 2. The number of aromatic amines is 1. The van der Waals surface area contributed by atoms with Crippen LogP contribution in [0.1, 0.15) is 5.82 Å². The van der Waals surface area contributed by atoms with Gasteiger partial charge in [0.15, 0.2) is 11.5 Å². The number of aromatic nitrogens is 3. The molecule has 0 amide bonds. The smallest absolute Gasteiger partial charge is 0.203 e. The highest BCUT2D eigenvalue weighted by atomic mass is 32.2. The van der Waals surface area contributed by atoms with Gasteiger partial charge in [0.2, 0.25) is 5.75 Å². The summed E-state index contributed by atoms with van der Waals surface area (Å²) in [6, 6.07) is 15.6. The molecule has 0 saturated carbocycles. The maximum atomic E-state index is 5.94. The molecular formula is C21H19N3O3S. The molecule has 0 fully saturated rings. The first-order valence-corrected chi connectivity index (χ1v) is 9.49. The molecule has 0 aliphatic rings. The molecule has 2 heterocycles. The van der Waals surface area contributed by atoms with Crippen molar-refractivity contribution in [1.82, 2.24) is 15.0 Å². The van der Waals surface area contributed by atoms with Gasteiger partial charge in [0.05, 0.1) is 25.3 Å². The third-order valence-electron chi connectivity index (χ3n) is 4.12. The van der Waals surface area contributed by atoms with E-state index in [0.29, 0.717) is 17.2 Å². The maximum Gasteiger partial charge on any atom is 0.203 e. The van der Waals surface area contributed by atoms with Crippen LogP contribution in [0, 0.1) is 0 Å². The van der Waals surface area contributed by atoms with Crippen molar-refractivity contribution < 1.29 is 14.2 Å². The quantitative estimate of drug-likeness (QED) is 0.491. The van der Waals surface area contributed by atoms with E-state index >= 15 is 0 Å². The molecule has 0 aliphatic heterocycles. The molecule has 0 aliphatic carbocycles. The van der Waals surface area contributed by atoms with E-state index in [-0.39, 0.29) is 6.61 Å². The number of nitrogens with one attached hydrogen (secondary N) is 1. The molecule has 0 unspecified atom stereocenters. The fourth-order valence-electron chi connectivity index (χ4n) is 2.81. The minimum absolute atomic E-state index is 0.276. The first kappa shape index (κ1) is 18.2. The third kappa shape index (κ3) is 3.89. The Hall–Kier alpha value is -3.19. The number of methoxy groups -OCH3 is 2. The molecule has 28 heavy (non-hydrogen) atoms. The van der Waals surface area contributed by atoms with Gasteiger partial charge in [-0.2, -0.15) is 0 Å². The van der Waals surface area contributed by atoms with Crippen LogP contribution in [-0.2, 0) is 6.61 Å². The summed E-state index contributed by atoms with van der Waals surface area (Å²) in [6.45, 7) is 0.276. The van der Waals surface area contributed by atoms with Gasteiger partial charge >= 0.3 is 0 Å². The topological polar surface area (TPSA) is 69.3 Å². The number of hydrogen-bond acceptors (Lipinski definition) is 6. The fourth-order valence-corrected chi connectivity index (χ4v) is 3.65. The van der Waals surface area contributed by atoms with Gasteiger partial charge in [0.25, 0.3) is 0 Å². The van der Waals surface area contributed by atoms with Crippen LogP contribution in [0.2, 0.25) is 0 Å². The van der Waals surface area contributed by atoms with E-state index in [1.807, 2.05) is 36.4 Å². The van der Waals surface area contributed by atoms with Crippen LogP contribution in [-0.4, -0.2) is 29.2 Å². The second-order valence-corrected chi connectivity index (χ2v) is 7.07. The summed E-state index contributed by atoms with van der Waals surface area (Å²) in [5.41, 5.74) is 1.86. The zero-order valence-electron chi connectivity index (χ0n) is 15.5. The summed E-state index contributed by atoms with van der Waals surface area (Å²) in [5, 5.41) is 0. The van der Waals surface area contributed by atoms with Crippen LogP contribution in [0.15, 0.2) is 70.7 Å². The van der Waals surface area contributed by atoms with E-state index in [9.17, 15) is 0 Å². The number of pyridine rings is 1. The lowest BCUT2D eigenvalue weighted by atomic mass is 10.3. The predicted molar refractivity (Wildman–Crippen MR) is 108 cm³/mol. The fraction of sp³-hybridized carbons (Fsp3) is 0.143. The maximum absolute atomic E-state index is 5.94. The molecule has 0 spiro atoms. The number of H-pyrrole nitrogens is 1. The van der Waals surface area contributed by atoms with Crippen molar-refractivity contribution in [2.24, 2.45) is 0 Å². The lowest BCUT2D eigenvalue weighted by molar-refractivity contribution is 0.260. The molecule has 4 aromatic rings. The van der Waals surface area contributed by atoms with Crippen molar-refractivity contribution in [2.75, 3.05) is 14.2 Å². The van der Waals surface area contributed by atoms with Gasteiger partial charge in [-0.15, -0.1) is 0 Å². The van der Waals surface area contributed by atoms with E-state index < -0.39 is 0 Å². The minimum atomic E-state index is 0.276. The number of imidazole rings is 1. The standard InChI is InChI=1S/C21H19N3O3S/c1-25-18-4-3-5-19(26-2)21(18)27-13-20-23-16-7-6-15(12-17(16)24-20)28-14-8-10-22-11-9-14/h3-12H,13H2,1-2H3,(H,23,24). The van der Waals surface area contributed by atoms with Crippen molar-refractivity contribution in [3.8, 4) is 17.2 Å². The number of fused-ring (bicyclic) bond motifs is 1. The first-order valence-electron chi connectivity index (χ1n) is 8.67. The molecule has 142 valence electrons. The molecule has 2 aromatic carbocycles. The second-order valence-electron chi connectivity index (χ2n) is 5.93. The minimum Gasteiger partial charge on any atom is -0.493 e. The monoisotopic (exact) mass is 393 g/mol. The molecule has 0 atom stereocenters.